The first-order chi connectivity index (χ1) is 11.8. The van der Waals surface area contributed by atoms with Crippen LogP contribution < -0.4 is 10.1 Å². The molecule has 2 aromatic rings. The van der Waals surface area contributed by atoms with Gasteiger partial charge in [0.25, 0.3) is 0 Å². The second-order valence-corrected chi connectivity index (χ2v) is 6.78. The van der Waals surface area contributed by atoms with Crippen molar-refractivity contribution in [1.82, 2.24) is 4.90 Å². The Kier molecular flexibility index (Phi) is 6.45. The second-order valence-electron chi connectivity index (χ2n) is 6.37. The third-order valence-corrected chi connectivity index (χ3v) is 4.58. The van der Waals surface area contributed by atoms with Crippen molar-refractivity contribution in [2.75, 3.05) is 19.5 Å². The van der Waals surface area contributed by atoms with Crippen LogP contribution in [0.25, 0.3) is 0 Å². The number of rotatable bonds is 6. The van der Waals surface area contributed by atoms with Crippen LogP contribution in [0.3, 0.4) is 0 Å². The van der Waals surface area contributed by atoms with Crippen molar-refractivity contribution in [2.45, 2.75) is 33.4 Å². The number of carbonyl (C=O) groups excluding carboxylic acids is 1. The second kappa shape index (κ2) is 8.37. The average molecular weight is 361 g/mol. The number of nitrogens with one attached hydrogen (secondary N) is 1. The fourth-order valence-electron chi connectivity index (χ4n) is 2.70. The highest BCUT2D eigenvalue weighted by Gasteiger charge is 2.20. The van der Waals surface area contributed by atoms with Gasteiger partial charge in [-0.15, -0.1) is 0 Å². The summed E-state index contributed by atoms with van der Waals surface area (Å²) in [6.07, 6.45) is 0. The number of anilines is 1. The smallest absolute Gasteiger partial charge is 0.241 e. The first-order valence-corrected chi connectivity index (χ1v) is 8.60. The fraction of sp³-hybridized carbons (Fsp3) is 0.350. The van der Waals surface area contributed by atoms with Crippen molar-refractivity contribution >= 4 is 23.2 Å². The molecule has 0 aliphatic carbocycles. The Morgan fingerprint density at radius 2 is 2.00 bits per heavy atom. The number of ether oxygens (including phenoxy) is 1. The Balaban J connectivity index is 2.06. The maximum atomic E-state index is 12.6. The van der Waals surface area contributed by atoms with Gasteiger partial charge >= 0.3 is 0 Å². The van der Waals surface area contributed by atoms with Crippen LogP contribution in [0.2, 0.25) is 5.02 Å². The van der Waals surface area contributed by atoms with Gasteiger partial charge < -0.3 is 10.1 Å². The zero-order chi connectivity index (χ0) is 18.6. The van der Waals surface area contributed by atoms with Crippen LogP contribution >= 0.6 is 11.6 Å². The minimum Gasteiger partial charge on any atom is -0.497 e. The summed E-state index contributed by atoms with van der Waals surface area (Å²) >= 11 is 6.28. The van der Waals surface area contributed by atoms with Crippen molar-refractivity contribution in [2.24, 2.45) is 0 Å². The molecule has 0 saturated carbocycles. The van der Waals surface area contributed by atoms with Gasteiger partial charge in [-0.05, 0) is 62.7 Å². The quantitative estimate of drug-likeness (QED) is 0.828. The molecule has 0 bridgehead atoms. The van der Waals surface area contributed by atoms with Gasteiger partial charge in [0.1, 0.15) is 5.75 Å². The van der Waals surface area contributed by atoms with E-state index in [1.807, 2.05) is 69.1 Å². The van der Waals surface area contributed by atoms with E-state index in [0.29, 0.717) is 17.3 Å². The number of carbonyl (C=O) groups is 1. The topological polar surface area (TPSA) is 41.6 Å². The lowest BCUT2D eigenvalue weighted by Gasteiger charge is -2.24. The molecule has 0 fully saturated rings. The molecule has 25 heavy (non-hydrogen) atoms. The largest absolute Gasteiger partial charge is 0.497 e. The van der Waals surface area contributed by atoms with Gasteiger partial charge in [0.15, 0.2) is 0 Å². The molecule has 0 spiro atoms. The molecule has 0 saturated heterocycles. The van der Waals surface area contributed by atoms with E-state index >= 15 is 0 Å². The number of hydrogen-bond acceptors (Lipinski definition) is 3. The molecule has 0 aromatic heterocycles. The van der Waals surface area contributed by atoms with Crippen molar-refractivity contribution in [1.29, 1.82) is 0 Å². The average Bonchev–Trinajstić information content (AvgIpc) is 2.57. The lowest BCUT2D eigenvalue weighted by Crippen LogP contribution is -2.39. The Bertz CT molecular complexity index is 738. The maximum absolute atomic E-state index is 12.6. The summed E-state index contributed by atoms with van der Waals surface area (Å²) in [6.45, 7) is 6.45. The van der Waals surface area contributed by atoms with Crippen LogP contribution in [0.1, 0.15) is 23.6 Å². The molecule has 0 heterocycles. The molecular formula is C20H25ClN2O2. The molecular weight excluding hydrogens is 336 g/mol. The molecule has 1 amide bonds. The SMILES string of the molecule is COc1cccc(CN(C)C(C)C(=O)Nc2c(C)cc(C)cc2Cl)c1. The number of halogens is 1. The van der Waals surface area contributed by atoms with Crippen LogP contribution in [0.4, 0.5) is 5.69 Å². The molecule has 1 unspecified atom stereocenters. The molecule has 1 atom stereocenters. The van der Waals surface area contributed by atoms with Crippen LogP contribution in [-0.2, 0) is 11.3 Å². The number of amides is 1. The predicted molar refractivity (Wildman–Crippen MR) is 103 cm³/mol. The van der Waals surface area contributed by atoms with Gasteiger partial charge in [-0.25, -0.2) is 0 Å². The molecule has 4 nitrogen and oxygen atoms in total. The van der Waals surface area contributed by atoms with E-state index in [4.69, 9.17) is 16.3 Å². The van der Waals surface area contributed by atoms with Gasteiger partial charge in [-0.2, -0.15) is 0 Å². The van der Waals surface area contributed by atoms with E-state index in [0.717, 1.165) is 22.4 Å². The summed E-state index contributed by atoms with van der Waals surface area (Å²) in [5, 5.41) is 3.52. The zero-order valence-electron chi connectivity index (χ0n) is 15.4. The summed E-state index contributed by atoms with van der Waals surface area (Å²) in [4.78, 5) is 14.6. The van der Waals surface area contributed by atoms with Crippen molar-refractivity contribution < 1.29 is 9.53 Å². The summed E-state index contributed by atoms with van der Waals surface area (Å²) < 4.78 is 5.25. The molecule has 0 aliphatic rings. The minimum absolute atomic E-state index is 0.0840. The van der Waals surface area contributed by atoms with Gasteiger partial charge in [-0.1, -0.05) is 29.8 Å². The molecule has 5 heteroatoms. The first-order valence-electron chi connectivity index (χ1n) is 8.22. The van der Waals surface area contributed by atoms with Gasteiger partial charge in [-0.3, -0.25) is 9.69 Å². The van der Waals surface area contributed by atoms with Crippen molar-refractivity contribution in [3.8, 4) is 5.75 Å². The standard InChI is InChI=1S/C20H25ClN2O2/c1-13-9-14(2)19(18(21)10-13)22-20(24)15(3)23(4)12-16-7-6-8-17(11-16)25-5/h6-11,15H,12H2,1-5H3,(H,22,24). The number of benzene rings is 2. The number of aryl methyl sites for hydroxylation is 2. The van der Waals surface area contributed by atoms with E-state index < -0.39 is 0 Å². The van der Waals surface area contributed by atoms with E-state index in [2.05, 4.69) is 5.32 Å². The Labute approximate surface area is 154 Å². The number of methoxy groups -OCH3 is 1. The molecule has 2 rings (SSSR count). The molecule has 1 N–H and O–H groups in total. The predicted octanol–water partition coefficient (Wildman–Crippen LogP) is 4.42. The highest BCUT2D eigenvalue weighted by molar-refractivity contribution is 6.34. The Hall–Kier alpha value is -2.04. The van der Waals surface area contributed by atoms with Crippen LogP contribution in [-0.4, -0.2) is 31.0 Å². The molecule has 0 aliphatic heterocycles. The molecule has 2 aromatic carbocycles. The van der Waals surface area contributed by atoms with E-state index in [9.17, 15) is 4.79 Å². The highest BCUT2D eigenvalue weighted by Crippen LogP contribution is 2.27. The van der Waals surface area contributed by atoms with Crippen LogP contribution in [0.15, 0.2) is 36.4 Å². The third-order valence-electron chi connectivity index (χ3n) is 4.29. The number of hydrogen-bond donors (Lipinski definition) is 1. The van der Waals surface area contributed by atoms with Gasteiger partial charge in [0.2, 0.25) is 5.91 Å². The lowest BCUT2D eigenvalue weighted by atomic mass is 10.1. The molecule has 134 valence electrons. The van der Waals surface area contributed by atoms with Crippen LogP contribution in [0.5, 0.6) is 5.75 Å². The summed E-state index contributed by atoms with van der Waals surface area (Å²) in [6, 6.07) is 11.4. The fourth-order valence-corrected chi connectivity index (χ4v) is 3.07. The van der Waals surface area contributed by atoms with Gasteiger partial charge in [0, 0.05) is 6.54 Å². The van der Waals surface area contributed by atoms with E-state index in [1.54, 1.807) is 7.11 Å². The zero-order valence-corrected chi connectivity index (χ0v) is 16.1. The summed E-state index contributed by atoms with van der Waals surface area (Å²) in [5.74, 6) is 0.726. The van der Waals surface area contributed by atoms with Crippen molar-refractivity contribution in [3.63, 3.8) is 0 Å². The van der Waals surface area contributed by atoms with E-state index in [1.165, 1.54) is 0 Å². The van der Waals surface area contributed by atoms with E-state index in [-0.39, 0.29) is 11.9 Å². The minimum atomic E-state index is -0.303. The lowest BCUT2D eigenvalue weighted by molar-refractivity contribution is -0.120. The number of likely N-dealkylation sites (N-methyl/N-ethyl adjacent to an activating group) is 1. The monoisotopic (exact) mass is 360 g/mol. The van der Waals surface area contributed by atoms with Crippen molar-refractivity contribution in [3.05, 3.63) is 58.1 Å². The highest BCUT2D eigenvalue weighted by atomic mass is 35.5. The Morgan fingerprint density at radius 1 is 1.28 bits per heavy atom. The maximum Gasteiger partial charge on any atom is 0.241 e. The number of nitrogens with zero attached hydrogens (tertiary/aromatic N) is 1. The van der Waals surface area contributed by atoms with Gasteiger partial charge in [0.05, 0.1) is 23.9 Å². The normalized spacial score (nSPS) is 12.1. The van der Waals surface area contributed by atoms with Crippen LogP contribution in [0, 0.1) is 13.8 Å². The first kappa shape index (κ1) is 19.3. The Morgan fingerprint density at radius 3 is 2.64 bits per heavy atom. The summed E-state index contributed by atoms with van der Waals surface area (Å²) in [5.41, 5.74) is 3.80. The summed E-state index contributed by atoms with van der Waals surface area (Å²) in [7, 11) is 3.57. The molecule has 0 radical (unpaired) electrons. The third kappa shape index (κ3) is 4.97.